The number of guanidine groups is 1. The first-order valence-electron chi connectivity index (χ1n) is 7.95. The van der Waals surface area contributed by atoms with Crippen LogP contribution in [0.25, 0.3) is 0 Å². The molecule has 1 aliphatic rings. The van der Waals surface area contributed by atoms with Crippen molar-refractivity contribution in [2.45, 2.75) is 50.8 Å². The van der Waals surface area contributed by atoms with Crippen molar-refractivity contribution >= 4 is 17.7 Å². The van der Waals surface area contributed by atoms with Gasteiger partial charge < -0.3 is 15.5 Å². The maximum atomic E-state index is 4.33. The summed E-state index contributed by atoms with van der Waals surface area (Å²) >= 11 is 1.99. The SMILES string of the molecule is CCN(CC)CCCNC(=NC)NC1CCC(SC)C1. The molecule has 0 aliphatic heterocycles. The second kappa shape index (κ2) is 10.3. The lowest BCUT2D eigenvalue weighted by molar-refractivity contribution is 0.300. The predicted molar refractivity (Wildman–Crippen MR) is 91.8 cm³/mol. The van der Waals surface area contributed by atoms with Crippen molar-refractivity contribution < 1.29 is 0 Å². The van der Waals surface area contributed by atoms with Gasteiger partial charge >= 0.3 is 0 Å². The third kappa shape index (κ3) is 6.35. The fourth-order valence-electron chi connectivity index (χ4n) is 2.72. The topological polar surface area (TPSA) is 39.7 Å². The number of aliphatic imine (C=N–C) groups is 1. The van der Waals surface area contributed by atoms with E-state index in [1.165, 1.54) is 25.7 Å². The summed E-state index contributed by atoms with van der Waals surface area (Å²) in [7, 11) is 1.86. The molecule has 1 rings (SSSR count). The maximum absolute atomic E-state index is 4.33. The molecule has 1 aliphatic carbocycles. The summed E-state index contributed by atoms with van der Waals surface area (Å²) in [5, 5.41) is 7.82. The molecule has 0 heterocycles. The van der Waals surface area contributed by atoms with Gasteiger partial charge in [0.2, 0.25) is 0 Å². The van der Waals surface area contributed by atoms with E-state index in [1.807, 2.05) is 18.8 Å². The first-order valence-corrected chi connectivity index (χ1v) is 9.24. The lowest BCUT2D eigenvalue weighted by Crippen LogP contribution is -2.43. The quantitative estimate of drug-likeness (QED) is 0.409. The van der Waals surface area contributed by atoms with Crippen LogP contribution in [0, 0.1) is 0 Å². The van der Waals surface area contributed by atoms with Gasteiger partial charge in [0.1, 0.15) is 0 Å². The summed E-state index contributed by atoms with van der Waals surface area (Å²) in [6, 6.07) is 0.599. The number of thioether (sulfide) groups is 1. The van der Waals surface area contributed by atoms with Gasteiger partial charge in [-0.2, -0.15) is 11.8 Å². The molecule has 2 unspecified atom stereocenters. The molecule has 0 bridgehead atoms. The first-order chi connectivity index (χ1) is 9.73. The normalized spacial score (nSPS) is 23.4. The Labute approximate surface area is 129 Å². The molecule has 1 fully saturated rings. The molecule has 0 saturated heterocycles. The number of rotatable bonds is 8. The molecule has 1 saturated carbocycles. The Hall–Kier alpha value is -0.420. The Morgan fingerprint density at radius 2 is 2.05 bits per heavy atom. The molecular formula is C15H32N4S. The molecule has 118 valence electrons. The van der Waals surface area contributed by atoms with E-state index in [0.29, 0.717) is 6.04 Å². The Balaban J connectivity index is 2.17. The van der Waals surface area contributed by atoms with Crippen LogP contribution in [0.2, 0.25) is 0 Å². The third-order valence-electron chi connectivity index (χ3n) is 4.12. The molecule has 0 aromatic carbocycles. The first kappa shape index (κ1) is 17.6. The van der Waals surface area contributed by atoms with Crippen molar-refractivity contribution in [2.24, 2.45) is 4.99 Å². The molecule has 2 atom stereocenters. The summed E-state index contributed by atoms with van der Waals surface area (Å²) in [5.74, 6) is 0.969. The van der Waals surface area contributed by atoms with Crippen molar-refractivity contribution in [3.8, 4) is 0 Å². The molecule has 0 aromatic heterocycles. The lowest BCUT2D eigenvalue weighted by Gasteiger charge is -2.20. The van der Waals surface area contributed by atoms with Crippen molar-refractivity contribution in [1.82, 2.24) is 15.5 Å². The summed E-state index contributed by atoms with van der Waals surface area (Å²) in [5.41, 5.74) is 0. The Morgan fingerprint density at radius 3 is 2.60 bits per heavy atom. The summed E-state index contributed by atoms with van der Waals surface area (Å²) < 4.78 is 0. The van der Waals surface area contributed by atoms with E-state index in [4.69, 9.17) is 0 Å². The van der Waals surface area contributed by atoms with Crippen LogP contribution in [-0.2, 0) is 0 Å². The van der Waals surface area contributed by atoms with E-state index in [2.05, 4.69) is 40.6 Å². The number of nitrogens with zero attached hydrogens (tertiary/aromatic N) is 2. The van der Waals surface area contributed by atoms with Gasteiger partial charge in [0, 0.05) is 24.9 Å². The number of hydrogen-bond donors (Lipinski definition) is 2. The number of hydrogen-bond acceptors (Lipinski definition) is 3. The van der Waals surface area contributed by atoms with E-state index >= 15 is 0 Å². The monoisotopic (exact) mass is 300 g/mol. The standard InChI is InChI=1S/C15H32N4S/c1-5-19(6-2)11-7-10-17-15(16-3)18-13-8-9-14(12-13)20-4/h13-14H,5-12H2,1-4H3,(H2,16,17,18). The van der Waals surface area contributed by atoms with Gasteiger partial charge in [-0.15, -0.1) is 0 Å². The molecule has 0 amide bonds. The van der Waals surface area contributed by atoms with Crippen LogP contribution >= 0.6 is 11.8 Å². The van der Waals surface area contributed by atoms with Crippen molar-refractivity contribution in [3.63, 3.8) is 0 Å². The van der Waals surface area contributed by atoms with Crippen LogP contribution in [0.5, 0.6) is 0 Å². The maximum Gasteiger partial charge on any atom is 0.191 e. The minimum absolute atomic E-state index is 0.599. The van der Waals surface area contributed by atoms with Gasteiger partial charge in [-0.1, -0.05) is 13.8 Å². The molecule has 4 nitrogen and oxygen atoms in total. The van der Waals surface area contributed by atoms with Crippen LogP contribution in [0.3, 0.4) is 0 Å². The van der Waals surface area contributed by atoms with Gasteiger partial charge in [-0.05, 0) is 51.6 Å². The van der Waals surface area contributed by atoms with Crippen molar-refractivity contribution in [3.05, 3.63) is 0 Å². The number of nitrogens with one attached hydrogen (secondary N) is 2. The molecule has 0 aromatic rings. The molecule has 0 radical (unpaired) electrons. The van der Waals surface area contributed by atoms with E-state index in [9.17, 15) is 0 Å². The summed E-state index contributed by atoms with van der Waals surface area (Å²) in [6.07, 6.45) is 7.25. The van der Waals surface area contributed by atoms with Crippen LogP contribution in [0.15, 0.2) is 4.99 Å². The average molecular weight is 301 g/mol. The van der Waals surface area contributed by atoms with Crippen LogP contribution < -0.4 is 10.6 Å². The Kier molecular flexibility index (Phi) is 9.10. The van der Waals surface area contributed by atoms with Gasteiger partial charge in [0.25, 0.3) is 0 Å². The Morgan fingerprint density at radius 1 is 1.30 bits per heavy atom. The highest BCUT2D eigenvalue weighted by Crippen LogP contribution is 2.27. The third-order valence-corrected chi connectivity index (χ3v) is 5.22. The van der Waals surface area contributed by atoms with Gasteiger partial charge in [-0.3, -0.25) is 4.99 Å². The van der Waals surface area contributed by atoms with E-state index in [1.54, 1.807) is 0 Å². The Bertz CT molecular complexity index is 279. The van der Waals surface area contributed by atoms with E-state index in [-0.39, 0.29) is 0 Å². The summed E-state index contributed by atoms with van der Waals surface area (Å²) in [4.78, 5) is 6.79. The largest absolute Gasteiger partial charge is 0.356 e. The van der Waals surface area contributed by atoms with Crippen molar-refractivity contribution in [2.75, 3.05) is 39.5 Å². The molecule has 20 heavy (non-hydrogen) atoms. The highest BCUT2D eigenvalue weighted by atomic mass is 32.2. The van der Waals surface area contributed by atoms with E-state index < -0.39 is 0 Å². The molecule has 5 heteroatoms. The van der Waals surface area contributed by atoms with Crippen LogP contribution in [0.4, 0.5) is 0 Å². The van der Waals surface area contributed by atoms with Gasteiger partial charge in [0.15, 0.2) is 5.96 Å². The van der Waals surface area contributed by atoms with E-state index in [0.717, 1.165) is 37.4 Å². The molecular weight excluding hydrogens is 268 g/mol. The lowest BCUT2D eigenvalue weighted by atomic mass is 10.2. The summed E-state index contributed by atoms with van der Waals surface area (Å²) in [6.45, 7) is 8.88. The van der Waals surface area contributed by atoms with Crippen LogP contribution in [-0.4, -0.2) is 61.6 Å². The smallest absolute Gasteiger partial charge is 0.191 e. The minimum atomic E-state index is 0.599. The second-order valence-corrected chi connectivity index (χ2v) is 6.53. The highest BCUT2D eigenvalue weighted by molar-refractivity contribution is 7.99. The zero-order valence-electron chi connectivity index (χ0n) is 13.6. The fourth-order valence-corrected chi connectivity index (χ4v) is 3.52. The van der Waals surface area contributed by atoms with Crippen molar-refractivity contribution in [1.29, 1.82) is 0 Å². The predicted octanol–water partition coefficient (Wildman–Crippen LogP) is 2.17. The zero-order valence-corrected chi connectivity index (χ0v) is 14.4. The van der Waals surface area contributed by atoms with Gasteiger partial charge in [0.05, 0.1) is 0 Å². The van der Waals surface area contributed by atoms with Gasteiger partial charge in [-0.25, -0.2) is 0 Å². The molecule has 2 N–H and O–H groups in total. The molecule has 0 spiro atoms. The second-order valence-electron chi connectivity index (χ2n) is 5.39. The average Bonchev–Trinajstić information content (AvgIpc) is 2.93. The van der Waals surface area contributed by atoms with Crippen LogP contribution in [0.1, 0.15) is 39.5 Å². The fraction of sp³-hybridized carbons (Fsp3) is 0.933. The zero-order chi connectivity index (χ0) is 14.8. The highest BCUT2D eigenvalue weighted by Gasteiger charge is 2.24. The minimum Gasteiger partial charge on any atom is -0.356 e.